The van der Waals surface area contributed by atoms with Gasteiger partial charge in [0.05, 0.1) is 0 Å². The van der Waals surface area contributed by atoms with Crippen LogP contribution in [0.3, 0.4) is 0 Å². The van der Waals surface area contributed by atoms with Gasteiger partial charge in [-0.1, -0.05) is 0 Å². The molecular formula is C3H10ClN2OP. The molecule has 8 heavy (non-hydrogen) atoms. The quantitative estimate of drug-likeness (QED) is 0.465. The van der Waals surface area contributed by atoms with Gasteiger partial charge in [0.25, 0.3) is 0 Å². The number of hydrogen-bond acceptors (Lipinski definition) is 1. The third kappa shape index (κ3) is 3.44. The van der Waals surface area contributed by atoms with Gasteiger partial charge in [-0.05, 0) is 7.05 Å². The van der Waals surface area contributed by atoms with E-state index in [1.54, 1.807) is 7.05 Å². The summed E-state index contributed by atoms with van der Waals surface area (Å²) in [4.78, 5) is 0. The highest BCUT2D eigenvalue weighted by molar-refractivity contribution is 7.59. The molecule has 1 unspecified atom stereocenters. The zero-order valence-electron chi connectivity index (χ0n) is 4.72. The Morgan fingerprint density at radius 1 is 1.88 bits per heavy atom. The smallest absolute Gasteiger partial charge is 0.209 e. The van der Waals surface area contributed by atoms with Crippen LogP contribution in [0.2, 0.25) is 0 Å². The van der Waals surface area contributed by atoms with Crippen molar-refractivity contribution < 1.29 is 4.57 Å². The normalized spacial score (nSPS) is 17.9. The van der Waals surface area contributed by atoms with E-state index in [-0.39, 0.29) is 0 Å². The van der Waals surface area contributed by atoms with Crippen molar-refractivity contribution in [2.75, 3.05) is 19.1 Å². The minimum atomic E-state index is -2.56. The van der Waals surface area contributed by atoms with E-state index in [0.717, 1.165) is 0 Å². The van der Waals surface area contributed by atoms with Crippen LogP contribution in [0.4, 0.5) is 0 Å². The zero-order chi connectivity index (χ0) is 6.62. The largest absolute Gasteiger partial charge is 0.289 e. The maximum atomic E-state index is 10.8. The molecule has 0 heterocycles. The fourth-order valence-corrected chi connectivity index (χ4v) is 1.47. The molecule has 0 fully saturated rings. The van der Waals surface area contributed by atoms with Crippen molar-refractivity contribution in [1.29, 1.82) is 0 Å². The molecule has 0 aromatic rings. The van der Waals surface area contributed by atoms with Crippen LogP contribution < -0.4 is 10.6 Å². The maximum absolute atomic E-state index is 10.8. The predicted octanol–water partition coefficient (Wildman–Crippen LogP) is 0.596. The van der Waals surface area contributed by atoms with Gasteiger partial charge in [0.1, 0.15) is 0 Å². The minimum absolute atomic E-state index is 0.342. The first-order valence-electron chi connectivity index (χ1n) is 2.25. The molecule has 0 aliphatic carbocycles. The van der Waals surface area contributed by atoms with Crippen LogP contribution in [0.1, 0.15) is 0 Å². The summed E-state index contributed by atoms with van der Waals surface area (Å²) in [5.74, 6) is 0.342. The van der Waals surface area contributed by atoms with Gasteiger partial charge in [0.2, 0.25) is 7.44 Å². The van der Waals surface area contributed by atoms with Crippen LogP contribution in [0, 0.1) is 0 Å². The average Bonchev–Trinajstić information content (AvgIpc) is 1.67. The van der Waals surface area contributed by atoms with E-state index in [9.17, 15) is 4.57 Å². The number of halogens is 1. The molecule has 0 aliphatic heterocycles. The van der Waals surface area contributed by atoms with E-state index in [0.29, 0.717) is 12.0 Å². The molecule has 0 aromatic heterocycles. The third-order valence-corrected chi connectivity index (χ3v) is 2.89. The summed E-state index contributed by atoms with van der Waals surface area (Å²) in [7, 11) is -0.993. The molecule has 50 valence electrons. The van der Waals surface area contributed by atoms with Crippen molar-refractivity contribution in [3.8, 4) is 0 Å². The maximum Gasteiger partial charge on any atom is 0.209 e. The summed E-state index contributed by atoms with van der Waals surface area (Å²) < 4.78 is 10.8. The van der Waals surface area contributed by atoms with Crippen LogP contribution in [-0.4, -0.2) is 19.1 Å². The van der Waals surface area contributed by atoms with Gasteiger partial charge < -0.3 is 0 Å². The molecule has 3 nitrogen and oxygen atoms in total. The molecule has 0 rings (SSSR count). The molecule has 0 bridgehead atoms. The molecule has 0 amide bonds. The fourth-order valence-electron chi connectivity index (χ4n) is 0.237. The molecule has 0 saturated heterocycles. The first kappa shape index (κ1) is 8.44. The van der Waals surface area contributed by atoms with E-state index in [1.807, 2.05) is 0 Å². The van der Waals surface area contributed by atoms with E-state index in [4.69, 9.17) is 17.1 Å². The van der Waals surface area contributed by atoms with E-state index < -0.39 is 7.44 Å². The third-order valence-electron chi connectivity index (χ3n) is 0.795. The van der Waals surface area contributed by atoms with Gasteiger partial charge >= 0.3 is 0 Å². The van der Waals surface area contributed by atoms with Gasteiger partial charge in [-0.3, -0.25) is 15.2 Å². The Morgan fingerprint density at radius 2 is 2.38 bits per heavy atom. The first-order valence-corrected chi connectivity index (χ1v) is 4.74. The highest BCUT2D eigenvalue weighted by Crippen LogP contribution is 2.28. The fraction of sp³-hybridized carbons (Fsp3) is 1.00. The Kier molecular flexibility index (Phi) is 3.65. The molecule has 0 aromatic carbocycles. The number of nitrogens with one attached hydrogen (secondary N) is 1. The summed E-state index contributed by atoms with van der Waals surface area (Å²) in [6.07, 6.45) is 0.352. The highest BCUT2D eigenvalue weighted by atomic mass is 35.5. The average molecular weight is 157 g/mol. The summed E-state index contributed by atoms with van der Waals surface area (Å²) >= 11 is 5.27. The number of nitrogens with two attached hydrogens (primary N) is 1. The second-order valence-electron chi connectivity index (χ2n) is 1.43. The molecule has 1 atom stereocenters. The molecule has 0 aliphatic rings. The summed E-state index contributed by atoms with van der Waals surface area (Å²) in [5.41, 5.74) is 5.19. The summed E-state index contributed by atoms with van der Waals surface area (Å²) in [5, 5.41) is 2.49. The zero-order valence-corrected chi connectivity index (χ0v) is 6.38. The first-order chi connectivity index (χ1) is 3.62. The molecule has 0 radical (unpaired) electrons. The topological polar surface area (TPSA) is 55.1 Å². The van der Waals surface area contributed by atoms with Crippen LogP contribution in [0.5, 0.6) is 0 Å². The van der Waals surface area contributed by atoms with Crippen molar-refractivity contribution in [1.82, 2.24) is 5.09 Å². The van der Waals surface area contributed by atoms with Crippen molar-refractivity contribution in [2.24, 2.45) is 5.50 Å². The van der Waals surface area contributed by atoms with Crippen molar-refractivity contribution >= 4 is 19.0 Å². The van der Waals surface area contributed by atoms with Crippen LogP contribution in [0.25, 0.3) is 0 Å². The number of hydrogen-bond donors (Lipinski definition) is 2. The van der Waals surface area contributed by atoms with Gasteiger partial charge in [-0.25, -0.2) is 0 Å². The Bertz CT molecular complexity index is 107. The van der Waals surface area contributed by atoms with Gasteiger partial charge in [-0.2, -0.15) is 0 Å². The van der Waals surface area contributed by atoms with Gasteiger partial charge in [-0.15, -0.1) is 11.6 Å². The Labute approximate surface area is 54.1 Å². The van der Waals surface area contributed by atoms with Crippen LogP contribution >= 0.6 is 19.0 Å². The van der Waals surface area contributed by atoms with E-state index >= 15 is 0 Å². The second-order valence-corrected chi connectivity index (χ2v) is 4.30. The highest BCUT2D eigenvalue weighted by Gasteiger charge is 2.09. The van der Waals surface area contributed by atoms with E-state index in [1.165, 1.54) is 0 Å². The predicted molar refractivity (Wildman–Crippen MR) is 36.4 cm³/mol. The summed E-state index contributed by atoms with van der Waals surface area (Å²) in [6, 6.07) is 0. The molecular weight excluding hydrogens is 146 g/mol. The molecule has 0 saturated carbocycles. The van der Waals surface area contributed by atoms with Crippen LogP contribution in [0.15, 0.2) is 0 Å². The minimum Gasteiger partial charge on any atom is -0.289 e. The monoisotopic (exact) mass is 156 g/mol. The lowest BCUT2D eigenvalue weighted by Crippen LogP contribution is -2.14. The van der Waals surface area contributed by atoms with Gasteiger partial charge in [0, 0.05) is 12.0 Å². The van der Waals surface area contributed by atoms with Crippen molar-refractivity contribution in [3.05, 3.63) is 0 Å². The Morgan fingerprint density at radius 3 is 2.50 bits per heavy atom. The molecule has 5 heteroatoms. The molecule has 0 spiro atoms. The summed E-state index contributed by atoms with van der Waals surface area (Å²) in [6.45, 7) is 0. The van der Waals surface area contributed by atoms with E-state index in [2.05, 4.69) is 5.09 Å². The van der Waals surface area contributed by atoms with Gasteiger partial charge in [0.15, 0.2) is 0 Å². The SMILES string of the molecule is CNP(N)(=O)CCCl. The van der Waals surface area contributed by atoms with Crippen molar-refractivity contribution in [2.45, 2.75) is 0 Å². The lowest BCUT2D eigenvalue weighted by Gasteiger charge is -2.06. The lowest BCUT2D eigenvalue weighted by molar-refractivity contribution is 0.570. The number of alkyl halides is 1. The lowest BCUT2D eigenvalue weighted by atomic mass is 11.0. The van der Waals surface area contributed by atoms with Crippen molar-refractivity contribution in [3.63, 3.8) is 0 Å². The second kappa shape index (κ2) is 3.46. The standard InChI is InChI=1S/C3H10ClN2OP/c1-6-8(5,7)3-2-4/h2-3H2,1H3,(H3,5,6,7). The molecule has 3 N–H and O–H groups in total. The number of rotatable bonds is 3. The van der Waals surface area contributed by atoms with Crippen LogP contribution in [-0.2, 0) is 4.57 Å². The Hall–Kier alpha value is 0.440. The Balaban J connectivity index is 3.55.